The van der Waals surface area contributed by atoms with Crippen molar-refractivity contribution in [2.45, 2.75) is 38.3 Å². The molecule has 0 unspecified atom stereocenters. The minimum absolute atomic E-state index is 0.0152. The SMILES string of the molecule is C[C@@H]1CC[C@@H](NC(=O)NCC(=O)NCc2ccco2)c2ccccc21. The summed E-state index contributed by atoms with van der Waals surface area (Å²) in [5, 5.41) is 8.27. The number of carbonyl (C=O) groups is 2. The summed E-state index contributed by atoms with van der Waals surface area (Å²) >= 11 is 0. The van der Waals surface area contributed by atoms with E-state index in [2.05, 4.69) is 35.0 Å². The molecule has 0 radical (unpaired) electrons. The van der Waals surface area contributed by atoms with Gasteiger partial charge in [0, 0.05) is 0 Å². The van der Waals surface area contributed by atoms with Crippen LogP contribution >= 0.6 is 0 Å². The number of fused-ring (bicyclic) bond motifs is 1. The zero-order valence-corrected chi connectivity index (χ0v) is 14.2. The quantitative estimate of drug-likeness (QED) is 0.782. The average Bonchev–Trinajstić information content (AvgIpc) is 3.14. The predicted molar refractivity (Wildman–Crippen MR) is 93.9 cm³/mol. The Hall–Kier alpha value is -2.76. The summed E-state index contributed by atoms with van der Waals surface area (Å²) in [5.74, 6) is 0.916. The maximum atomic E-state index is 12.1. The van der Waals surface area contributed by atoms with Crippen LogP contribution in [0.2, 0.25) is 0 Å². The third-order valence-corrected chi connectivity index (χ3v) is 4.55. The number of furan rings is 1. The van der Waals surface area contributed by atoms with E-state index in [1.54, 1.807) is 18.4 Å². The molecule has 3 amide bonds. The van der Waals surface area contributed by atoms with E-state index in [0.29, 0.717) is 18.2 Å². The summed E-state index contributed by atoms with van der Waals surface area (Å²) in [4.78, 5) is 23.9. The fourth-order valence-electron chi connectivity index (χ4n) is 3.19. The first-order valence-electron chi connectivity index (χ1n) is 8.55. The van der Waals surface area contributed by atoms with Crippen molar-refractivity contribution in [3.8, 4) is 0 Å². The van der Waals surface area contributed by atoms with Gasteiger partial charge in [-0.05, 0) is 42.0 Å². The number of hydrogen-bond acceptors (Lipinski definition) is 3. The molecule has 0 saturated heterocycles. The number of carbonyl (C=O) groups excluding carboxylic acids is 2. The first-order valence-corrected chi connectivity index (χ1v) is 8.55. The van der Waals surface area contributed by atoms with Crippen LogP contribution in [0.1, 0.15) is 48.6 Å². The van der Waals surface area contributed by atoms with Crippen LogP contribution in [0.3, 0.4) is 0 Å². The van der Waals surface area contributed by atoms with Gasteiger partial charge in [0.15, 0.2) is 0 Å². The molecule has 3 N–H and O–H groups in total. The van der Waals surface area contributed by atoms with E-state index in [1.807, 2.05) is 12.1 Å². The molecular formula is C19H23N3O3. The van der Waals surface area contributed by atoms with Gasteiger partial charge in [-0.1, -0.05) is 31.2 Å². The highest BCUT2D eigenvalue weighted by atomic mass is 16.3. The predicted octanol–water partition coefficient (Wildman–Crippen LogP) is 2.83. The van der Waals surface area contributed by atoms with E-state index in [1.165, 1.54) is 11.1 Å². The Morgan fingerprint density at radius 2 is 1.88 bits per heavy atom. The molecule has 2 aromatic rings. The number of rotatable bonds is 5. The fraction of sp³-hybridized carbons (Fsp3) is 0.368. The maximum Gasteiger partial charge on any atom is 0.315 e. The summed E-state index contributed by atoms with van der Waals surface area (Å²) < 4.78 is 5.14. The molecule has 25 heavy (non-hydrogen) atoms. The Morgan fingerprint density at radius 3 is 2.64 bits per heavy atom. The highest BCUT2D eigenvalue weighted by Crippen LogP contribution is 2.36. The normalized spacial score (nSPS) is 18.9. The second-order valence-corrected chi connectivity index (χ2v) is 6.34. The van der Waals surface area contributed by atoms with Crippen molar-refractivity contribution in [1.82, 2.24) is 16.0 Å². The Labute approximate surface area is 147 Å². The minimum Gasteiger partial charge on any atom is -0.467 e. The monoisotopic (exact) mass is 341 g/mol. The molecule has 1 aromatic carbocycles. The number of nitrogens with one attached hydrogen (secondary N) is 3. The van der Waals surface area contributed by atoms with Gasteiger partial charge in [0.2, 0.25) is 5.91 Å². The van der Waals surface area contributed by atoms with Crippen molar-refractivity contribution < 1.29 is 14.0 Å². The van der Waals surface area contributed by atoms with Crippen LogP contribution in [-0.4, -0.2) is 18.5 Å². The van der Waals surface area contributed by atoms with Crippen molar-refractivity contribution in [2.24, 2.45) is 0 Å². The molecule has 0 fully saturated rings. The molecule has 6 heteroatoms. The Balaban J connectivity index is 1.46. The van der Waals surface area contributed by atoms with E-state index >= 15 is 0 Å². The first kappa shape index (κ1) is 17.1. The molecule has 0 bridgehead atoms. The zero-order chi connectivity index (χ0) is 17.6. The third kappa shape index (κ3) is 4.41. The average molecular weight is 341 g/mol. The first-order chi connectivity index (χ1) is 12.1. The summed E-state index contributed by atoms with van der Waals surface area (Å²) in [7, 11) is 0. The van der Waals surface area contributed by atoms with Crippen LogP contribution in [-0.2, 0) is 11.3 Å². The zero-order valence-electron chi connectivity index (χ0n) is 14.2. The third-order valence-electron chi connectivity index (χ3n) is 4.55. The lowest BCUT2D eigenvalue weighted by molar-refractivity contribution is -0.120. The van der Waals surface area contributed by atoms with Crippen molar-refractivity contribution in [2.75, 3.05) is 6.54 Å². The molecule has 1 aromatic heterocycles. The van der Waals surface area contributed by atoms with E-state index < -0.39 is 0 Å². The van der Waals surface area contributed by atoms with Crippen molar-refractivity contribution >= 4 is 11.9 Å². The topological polar surface area (TPSA) is 83.4 Å². The van der Waals surface area contributed by atoms with Crippen LogP contribution in [0.5, 0.6) is 0 Å². The summed E-state index contributed by atoms with van der Waals surface area (Å²) in [6.07, 6.45) is 3.48. The molecule has 0 spiro atoms. The van der Waals surface area contributed by atoms with Crippen LogP contribution in [0.4, 0.5) is 4.79 Å². The van der Waals surface area contributed by atoms with E-state index in [4.69, 9.17) is 4.42 Å². The number of hydrogen-bond donors (Lipinski definition) is 3. The summed E-state index contributed by atoms with van der Waals surface area (Å²) in [6, 6.07) is 11.4. The summed E-state index contributed by atoms with van der Waals surface area (Å²) in [6.45, 7) is 2.44. The van der Waals surface area contributed by atoms with Gasteiger partial charge in [0.25, 0.3) is 0 Å². The van der Waals surface area contributed by atoms with Gasteiger partial charge in [-0.3, -0.25) is 4.79 Å². The molecule has 3 rings (SSSR count). The molecular weight excluding hydrogens is 318 g/mol. The molecule has 0 saturated carbocycles. The lowest BCUT2D eigenvalue weighted by atomic mass is 9.81. The molecule has 6 nitrogen and oxygen atoms in total. The van der Waals surface area contributed by atoms with Gasteiger partial charge >= 0.3 is 6.03 Å². The minimum atomic E-state index is -0.331. The largest absolute Gasteiger partial charge is 0.467 e. The van der Waals surface area contributed by atoms with E-state index in [-0.39, 0.29) is 24.5 Å². The highest BCUT2D eigenvalue weighted by molar-refractivity contribution is 5.84. The number of amides is 3. The fourth-order valence-corrected chi connectivity index (χ4v) is 3.19. The van der Waals surface area contributed by atoms with Gasteiger partial charge in [-0.2, -0.15) is 0 Å². The molecule has 132 valence electrons. The van der Waals surface area contributed by atoms with Gasteiger partial charge in [0.1, 0.15) is 5.76 Å². The van der Waals surface area contributed by atoms with Gasteiger partial charge in [-0.25, -0.2) is 4.79 Å². The maximum absolute atomic E-state index is 12.1. The Morgan fingerprint density at radius 1 is 1.08 bits per heavy atom. The van der Waals surface area contributed by atoms with Gasteiger partial charge in [-0.15, -0.1) is 0 Å². The number of benzene rings is 1. The van der Waals surface area contributed by atoms with Crippen LogP contribution in [0.15, 0.2) is 47.1 Å². The van der Waals surface area contributed by atoms with Gasteiger partial charge in [0.05, 0.1) is 25.4 Å². The molecule has 1 heterocycles. The van der Waals surface area contributed by atoms with Crippen molar-refractivity contribution in [1.29, 1.82) is 0 Å². The second kappa shape index (κ2) is 7.88. The van der Waals surface area contributed by atoms with Crippen molar-refractivity contribution in [3.63, 3.8) is 0 Å². The van der Waals surface area contributed by atoms with Crippen LogP contribution in [0, 0.1) is 0 Å². The lowest BCUT2D eigenvalue weighted by Gasteiger charge is -2.30. The second-order valence-electron chi connectivity index (χ2n) is 6.34. The molecule has 2 atom stereocenters. The smallest absolute Gasteiger partial charge is 0.315 e. The van der Waals surface area contributed by atoms with E-state index in [0.717, 1.165) is 12.8 Å². The van der Waals surface area contributed by atoms with Crippen LogP contribution < -0.4 is 16.0 Å². The highest BCUT2D eigenvalue weighted by Gasteiger charge is 2.25. The van der Waals surface area contributed by atoms with Crippen molar-refractivity contribution in [3.05, 3.63) is 59.5 Å². The van der Waals surface area contributed by atoms with E-state index in [9.17, 15) is 9.59 Å². The van der Waals surface area contributed by atoms with Crippen LogP contribution in [0.25, 0.3) is 0 Å². The summed E-state index contributed by atoms with van der Waals surface area (Å²) in [5.41, 5.74) is 2.45. The lowest BCUT2D eigenvalue weighted by Crippen LogP contribution is -2.43. The number of urea groups is 1. The molecule has 0 aliphatic heterocycles. The standard InChI is InChI=1S/C19H23N3O3/c1-13-8-9-17(16-7-3-2-6-15(13)16)22-19(24)21-12-18(23)20-11-14-5-4-10-25-14/h2-7,10,13,17H,8-9,11-12H2,1H3,(H,20,23)(H2,21,22,24)/t13-,17-/m1/s1. The molecule has 1 aliphatic rings. The molecule has 1 aliphatic carbocycles. The Bertz CT molecular complexity index is 727. The Kier molecular flexibility index (Phi) is 5.38. The van der Waals surface area contributed by atoms with Gasteiger partial charge < -0.3 is 20.4 Å².